The second-order valence-corrected chi connectivity index (χ2v) is 8.73. The highest BCUT2D eigenvalue weighted by Gasteiger charge is 2.45. The van der Waals surface area contributed by atoms with Gasteiger partial charge in [0.25, 0.3) is 0 Å². The van der Waals surface area contributed by atoms with E-state index in [0.29, 0.717) is 5.41 Å². The van der Waals surface area contributed by atoms with Gasteiger partial charge in [-0.3, -0.25) is 0 Å². The maximum atomic E-state index is 3.98. The van der Waals surface area contributed by atoms with Crippen LogP contribution in [0.1, 0.15) is 86.0 Å². The van der Waals surface area contributed by atoms with Gasteiger partial charge in [-0.05, 0) is 67.7 Å². The zero-order valence-electron chi connectivity index (χ0n) is 15.3. The van der Waals surface area contributed by atoms with Gasteiger partial charge in [-0.25, -0.2) is 0 Å². The smallest absolute Gasteiger partial charge is 0.0152 e. The highest BCUT2D eigenvalue weighted by Crippen LogP contribution is 2.50. The van der Waals surface area contributed by atoms with E-state index in [2.05, 4.69) is 39.9 Å². The highest BCUT2D eigenvalue weighted by molar-refractivity contribution is 4.99. The third kappa shape index (κ3) is 4.03. The van der Waals surface area contributed by atoms with Crippen molar-refractivity contribution in [3.63, 3.8) is 0 Å². The molecule has 0 aromatic carbocycles. The van der Waals surface area contributed by atoms with Gasteiger partial charge < -0.3 is 5.32 Å². The molecule has 2 aliphatic carbocycles. The topological polar surface area (TPSA) is 12.0 Å². The molecule has 0 radical (unpaired) electrons. The molecule has 0 heterocycles. The lowest BCUT2D eigenvalue weighted by Crippen LogP contribution is -2.51. The van der Waals surface area contributed by atoms with Crippen LogP contribution in [0.25, 0.3) is 0 Å². The predicted molar refractivity (Wildman–Crippen MR) is 93.5 cm³/mol. The Kier molecular flexibility index (Phi) is 6.17. The van der Waals surface area contributed by atoms with Crippen LogP contribution in [0.2, 0.25) is 0 Å². The van der Waals surface area contributed by atoms with Gasteiger partial charge in [0.1, 0.15) is 0 Å². The van der Waals surface area contributed by atoms with Crippen molar-refractivity contribution in [3.8, 4) is 0 Å². The van der Waals surface area contributed by atoms with E-state index < -0.39 is 0 Å². The lowest BCUT2D eigenvalue weighted by molar-refractivity contribution is 0.0681. The second-order valence-electron chi connectivity index (χ2n) is 8.73. The quantitative estimate of drug-likeness (QED) is 0.668. The van der Waals surface area contributed by atoms with E-state index >= 15 is 0 Å². The first-order valence-corrected chi connectivity index (χ1v) is 9.72. The molecule has 4 atom stereocenters. The van der Waals surface area contributed by atoms with Gasteiger partial charge in [-0.1, -0.05) is 53.9 Å². The Hall–Kier alpha value is -0.0400. The molecule has 0 aliphatic heterocycles. The Morgan fingerprint density at radius 3 is 2.24 bits per heavy atom. The zero-order valence-corrected chi connectivity index (χ0v) is 15.3. The molecule has 0 bridgehead atoms. The molecular formula is C20H39N. The van der Waals surface area contributed by atoms with E-state index in [1.54, 1.807) is 0 Å². The first-order chi connectivity index (χ1) is 9.98. The van der Waals surface area contributed by atoms with Crippen LogP contribution in [0.5, 0.6) is 0 Å². The summed E-state index contributed by atoms with van der Waals surface area (Å²) in [4.78, 5) is 0. The maximum Gasteiger partial charge on any atom is 0.0152 e. The monoisotopic (exact) mass is 293 g/mol. The van der Waals surface area contributed by atoms with Crippen molar-refractivity contribution in [3.05, 3.63) is 0 Å². The van der Waals surface area contributed by atoms with Crippen molar-refractivity contribution in [2.45, 2.75) is 92.0 Å². The number of nitrogens with one attached hydrogen (secondary N) is 1. The van der Waals surface area contributed by atoms with Crippen molar-refractivity contribution < 1.29 is 0 Å². The summed E-state index contributed by atoms with van der Waals surface area (Å²) in [7, 11) is 0. The van der Waals surface area contributed by atoms with Crippen molar-refractivity contribution in [2.75, 3.05) is 6.54 Å². The molecule has 0 aromatic rings. The maximum absolute atomic E-state index is 3.98. The summed E-state index contributed by atoms with van der Waals surface area (Å²) in [5, 5.41) is 3.98. The van der Waals surface area contributed by atoms with Gasteiger partial charge in [0.15, 0.2) is 0 Å². The summed E-state index contributed by atoms with van der Waals surface area (Å²) in [6.45, 7) is 13.3. The molecule has 21 heavy (non-hydrogen) atoms. The lowest BCUT2D eigenvalue weighted by Gasteiger charge is -2.47. The number of hydrogen-bond acceptors (Lipinski definition) is 1. The fourth-order valence-electron chi connectivity index (χ4n) is 5.53. The summed E-state index contributed by atoms with van der Waals surface area (Å²) in [5.41, 5.74) is 0.606. The van der Waals surface area contributed by atoms with Gasteiger partial charge in [0.2, 0.25) is 0 Å². The van der Waals surface area contributed by atoms with Crippen LogP contribution in [-0.2, 0) is 0 Å². The van der Waals surface area contributed by atoms with E-state index in [1.807, 2.05) is 0 Å². The summed E-state index contributed by atoms with van der Waals surface area (Å²) < 4.78 is 0. The second kappa shape index (κ2) is 7.49. The number of hydrogen-bond donors (Lipinski definition) is 1. The van der Waals surface area contributed by atoms with Crippen LogP contribution in [0, 0.1) is 29.1 Å². The fraction of sp³-hybridized carbons (Fsp3) is 1.00. The van der Waals surface area contributed by atoms with Crippen molar-refractivity contribution in [2.24, 2.45) is 29.1 Å². The van der Waals surface area contributed by atoms with Crippen molar-refractivity contribution >= 4 is 0 Å². The van der Waals surface area contributed by atoms with E-state index in [-0.39, 0.29) is 0 Å². The van der Waals surface area contributed by atoms with Crippen LogP contribution >= 0.6 is 0 Å². The standard InChI is InChI=1S/C20H39N/c1-6-21-19(18-10-9-16(4)17(5)13-18)20(14-15(2)3)11-7-8-12-20/h15-19,21H,6-14H2,1-5H3. The van der Waals surface area contributed by atoms with Crippen LogP contribution in [0.4, 0.5) is 0 Å². The molecule has 4 unspecified atom stereocenters. The zero-order chi connectivity index (χ0) is 15.5. The third-order valence-corrected chi connectivity index (χ3v) is 6.61. The largest absolute Gasteiger partial charge is 0.313 e. The normalized spacial score (nSPS) is 34.3. The molecule has 2 saturated carbocycles. The Balaban J connectivity index is 2.15. The van der Waals surface area contributed by atoms with E-state index in [1.165, 1.54) is 51.4 Å². The summed E-state index contributed by atoms with van der Waals surface area (Å²) in [6, 6.07) is 0.780. The molecule has 1 N–H and O–H groups in total. The van der Waals surface area contributed by atoms with Crippen LogP contribution in [-0.4, -0.2) is 12.6 Å². The van der Waals surface area contributed by atoms with Gasteiger partial charge in [0.05, 0.1) is 0 Å². The minimum Gasteiger partial charge on any atom is -0.313 e. The van der Waals surface area contributed by atoms with Gasteiger partial charge in [-0.2, -0.15) is 0 Å². The van der Waals surface area contributed by atoms with Crippen LogP contribution in [0.3, 0.4) is 0 Å². The molecule has 2 rings (SSSR count). The van der Waals surface area contributed by atoms with E-state index in [9.17, 15) is 0 Å². The SMILES string of the molecule is CCNC(C1CCC(C)C(C)C1)C1(CC(C)C)CCCC1. The Bertz CT molecular complexity index is 303. The molecule has 124 valence electrons. The molecule has 1 nitrogen and oxygen atoms in total. The average molecular weight is 294 g/mol. The molecule has 1 heteroatoms. The summed E-state index contributed by atoms with van der Waals surface area (Å²) >= 11 is 0. The van der Waals surface area contributed by atoms with Gasteiger partial charge in [-0.15, -0.1) is 0 Å². The molecular weight excluding hydrogens is 254 g/mol. The minimum absolute atomic E-state index is 0.606. The molecule has 0 aromatic heterocycles. The lowest BCUT2D eigenvalue weighted by atomic mass is 9.63. The number of rotatable bonds is 6. The van der Waals surface area contributed by atoms with E-state index in [4.69, 9.17) is 0 Å². The fourth-order valence-corrected chi connectivity index (χ4v) is 5.53. The van der Waals surface area contributed by atoms with Gasteiger partial charge in [0, 0.05) is 6.04 Å². The summed E-state index contributed by atoms with van der Waals surface area (Å²) in [6.07, 6.45) is 11.7. The molecule has 0 saturated heterocycles. The van der Waals surface area contributed by atoms with Crippen LogP contribution < -0.4 is 5.32 Å². The minimum atomic E-state index is 0.606. The Morgan fingerprint density at radius 2 is 1.71 bits per heavy atom. The molecule has 2 fully saturated rings. The first kappa shape index (κ1) is 17.3. The summed E-state index contributed by atoms with van der Waals surface area (Å²) in [5.74, 6) is 3.62. The Labute approximate surface area is 133 Å². The molecule has 2 aliphatic rings. The predicted octanol–water partition coefficient (Wildman–Crippen LogP) is 5.64. The van der Waals surface area contributed by atoms with Gasteiger partial charge >= 0.3 is 0 Å². The van der Waals surface area contributed by atoms with Crippen LogP contribution in [0.15, 0.2) is 0 Å². The van der Waals surface area contributed by atoms with Crippen molar-refractivity contribution in [1.82, 2.24) is 5.32 Å². The average Bonchev–Trinajstić information content (AvgIpc) is 2.88. The third-order valence-electron chi connectivity index (χ3n) is 6.61. The molecule has 0 amide bonds. The highest BCUT2D eigenvalue weighted by atomic mass is 14.9. The van der Waals surface area contributed by atoms with E-state index in [0.717, 1.165) is 36.3 Å². The van der Waals surface area contributed by atoms with Crippen molar-refractivity contribution in [1.29, 1.82) is 0 Å². The first-order valence-electron chi connectivity index (χ1n) is 9.72. The molecule has 0 spiro atoms. The Morgan fingerprint density at radius 1 is 1.05 bits per heavy atom.